The van der Waals surface area contributed by atoms with E-state index < -0.39 is 0 Å². The number of H-pyrrole nitrogens is 1. The van der Waals surface area contributed by atoms with Crippen LogP contribution in [-0.4, -0.2) is 27.7 Å². The van der Waals surface area contributed by atoms with E-state index in [9.17, 15) is 4.79 Å². The van der Waals surface area contributed by atoms with Crippen molar-refractivity contribution in [3.63, 3.8) is 0 Å². The van der Waals surface area contributed by atoms with Gasteiger partial charge in [-0.1, -0.05) is 35.9 Å². The van der Waals surface area contributed by atoms with E-state index in [0.29, 0.717) is 11.6 Å². The topological polar surface area (TPSA) is 79.9 Å². The molecule has 0 unspecified atom stereocenters. The average Bonchev–Trinajstić information content (AvgIpc) is 3.01. The van der Waals surface area contributed by atoms with Crippen LogP contribution < -0.4 is 10.1 Å². The van der Waals surface area contributed by atoms with Crippen LogP contribution in [0.15, 0.2) is 42.5 Å². The van der Waals surface area contributed by atoms with Gasteiger partial charge in [-0.2, -0.15) is 4.98 Å². The van der Waals surface area contributed by atoms with E-state index in [1.165, 1.54) is 5.56 Å². The Morgan fingerprint density at radius 2 is 1.72 bits per heavy atom. The molecule has 0 fully saturated rings. The molecule has 6 nitrogen and oxygen atoms in total. The summed E-state index contributed by atoms with van der Waals surface area (Å²) >= 11 is 0. The summed E-state index contributed by atoms with van der Waals surface area (Å²) in [6.45, 7) is 5.89. The molecular formula is C19H20N4O2. The molecule has 128 valence electrons. The lowest BCUT2D eigenvalue weighted by molar-refractivity contribution is -0.118. The SMILES string of the molecule is Cc1ccc(-c2nc(NC(=O)COc3cc(C)cc(C)c3)n[nH]2)cc1. The van der Waals surface area contributed by atoms with Gasteiger partial charge in [0, 0.05) is 5.56 Å². The molecule has 0 atom stereocenters. The zero-order valence-corrected chi connectivity index (χ0v) is 14.5. The van der Waals surface area contributed by atoms with Crippen molar-refractivity contribution < 1.29 is 9.53 Å². The van der Waals surface area contributed by atoms with E-state index in [2.05, 4.69) is 20.5 Å². The number of hydrogen-bond acceptors (Lipinski definition) is 4. The van der Waals surface area contributed by atoms with E-state index in [1.807, 2.05) is 63.2 Å². The first-order chi connectivity index (χ1) is 12.0. The van der Waals surface area contributed by atoms with E-state index in [1.54, 1.807) is 0 Å². The number of anilines is 1. The van der Waals surface area contributed by atoms with Gasteiger partial charge in [-0.05, 0) is 44.0 Å². The van der Waals surface area contributed by atoms with E-state index in [0.717, 1.165) is 16.7 Å². The summed E-state index contributed by atoms with van der Waals surface area (Å²) in [6.07, 6.45) is 0. The number of nitrogens with one attached hydrogen (secondary N) is 2. The Bertz CT molecular complexity index is 864. The number of ether oxygens (including phenoxy) is 1. The van der Waals surface area contributed by atoms with Gasteiger partial charge in [-0.15, -0.1) is 5.10 Å². The first kappa shape index (κ1) is 16.7. The van der Waals surface area contributed by atoms with Crippen molar-refractivity contribution in [3.8, 4) is 17.1 Å². The van der Waals surface area contributed by atoms with Gasteiger partial charge in [0.2, 0.25) is 5.95 Å². The van der Waals surface area contributed by atoms with Crippen LogP contribution in [0.4, 0.5) is 5.95 Å². The minimum absolute atomic E-state index is 0.0999. The van der Waals surface area contributed by atoms with Gasteiger partial charge in [0.05, 0.1) is 0 Å². The van der Waals surface area contributed by atoms with Gasteiger partial charge >= 0.3 is 0 Å². The Morgan fingerprint density at radius 3 is 2.40 bits per heavy atom. The van der Waals surface area contributed by atoms with Crippen LogP contribution in [0.25, 0.3) is 11.4 Å². The smallest absolute Gasteiger partial charge is 0.264 e. The number of aromatic amines is 1. The molecule has 0 aliphatic rings. The molecule has 0 saturated heterocycles. The lowest BCUT2D eigenvalue weighted by Crippen LogP contribution is -2.20. The summed E-state index contributed by atoms with van der Waals surface area (Å²) in [5.41, 5.74) is 4.25. The number of amides is 1. The maximum absolute atomic E-state index is 12.0. The van der Waals surface area contributed by atoms with Crippen LogP contribution in [0.3, 0.4) is 0 Å². The monoisotopic (exact) mass is 336 g/mol. The van der Waals surface area contributed by atoms with E-state index in [-0.39, 0.29) is 18.5 Å². The highest BCUT2D eigenvalue weighted by Crippen LogP contribution is 2.17. The third-order valence-corrected chi connectivity index (χ3v) is 3.63. The molecule has 0 spiro atoms. The molecular weight excluding hydrogens is 316 g/mol. The summed E-state index contributed by atoms with van der Waals surface area (Å²) in [5.74, 6) is 1.19. The van der Waals surface area contributed by atoms with Crippen molar-refractivity contribution in [1.29, 1.82) is 0 Å². The van der Waals surface area contributed by atoms with Crippen LogP contribution in [0.5, 0.6) is 5.75 Å². The number of aromatic nitrogens is 3. The van der Waals surface area contributed by atoms with Crippen LogP contribution in [0, 0.1) is 20.8 Å². The van der Waals surface area contributed by atoms with Gasteiger partial charge in [-0.25, -0.2) is 0 Å². The molecule has 0 saturated carbocycles. The summed E-state index contributed by atoms with van der Waals surface area (Å²) in [4.78, 5) is 16.3. The first-order valence-corrected chi connectivity index (χ1v) is 8.00. The van der Waals surface area contributed by atoms with E-state index >= 15 is 0 Å². The van der Waals surface area contributed by atoms with Crippen LogP contribution in [-0.2, 0) is 4.79 Å². The molecule has 1 amide bonds. The summed E-state index contributed by atoms with van der Waals surface area (Å²) in [5, 5.41) is 9.46. The number of carbonyl (C=O) groups excluding carboxylic acids is 1. The molecule has 25 heavy (non-hydrogen) atoms. The molecule has 3 rings (SSSR count). The fraction of sp³-hybridized carbons (Fsp3) is 0.211. The van der Waals surface area contributed by atoms with Crippen molar-refractivity contribution in [1.82, 2.24) is 15.2 Å². The normalized spacial score (nSPS) is 10.5. The van der Waals surface area contributed by atoms with Crippen molar-refractivity contribution in [2.45, 2.75) is 20.8 Å². The third-order valence-electron chi connectivity index (χ3n) is 3.63. The number of aryl methyl sites for hydroxylation is 3. The standard InChI is InChI=1S/C19H20N4O2/c1-12-4-6-15(7-5-12)18-21-19(23-22-18)20-17(24)11-25-16-9-13(2)8-14(3)10-16/h4-10H,11H2,1-3H3,(H2,20,21,22,23,24). The molecule has 6 heteroatoms. The molecule has 0 bridgehead atoms. The average molecular weight is 336 g/mol. The van der Waals surface area contributed by atoms with Crippen molar-refractivity contribution in [2.24, 2.45) is 0 Å². The molecule has 0 aliphatic carbocycles. The van der Waals surface area contributed by atoms with Gasteiger partial charge in [0.25, 0.3) is 5.91 Å². The molecule has 1 heterocycles. The molecule has 2 N–H and O–H groups in total. The van der Waals surface area contributed by atoms with Crippen molar-refractivity contribution in [2.75, 3.05) is 11.9 Å². The fourth-order valence-electron chi connectivity index (χ4n) is 2.48. The Morgan fingerprint density at radius 1 is 1.04 bits per heavy atom. The van der Waals surface area contributed by atoms with Gasteiger partial charge < -0.3 is 4.74 Å². The van der Waals surface area contributed by atoms with Crippen molar-refractivity contribution in [3.05, 3.63) is 59.2 Å². The fourth-order valence-corrected chi connectivity index (χ4v) is 2.48. The minimum Gasteiger partial charge on any atom is -0.484 e. The molecule has 0 aliphatic heterocycles. The summed E-state index contributed by atoms with van der Waals surface area (Å²) in [6, 6.07) is 13.7. The van der Waals surface area contributed by atoms with Crippen LogP contribution in [0.2, 0.25) is 0 Å². The second kappa shape index (κ2) is 7.17. The van der Waals surface area contributed by atoms with E-state index in [4.69, 9.17) is 4.74 Å². The lowest BCUT2D eigenvalue weighted by Gasteiger charge is -2.07. The Kier molecular flexibility index (Phi) is 4.79. The maximum Gasteiger partial charge on any atom is 0.264 e. The molecule has 0 radical (unpaired) electrons. The minimum atomic E-state index is -0.311. The van der Waals surface area contributed by atoms with Crippen LogP contribution in [0.1, 0.15) is 16.7 Å². The number of carbonyl (C=O) groups is 1. The number of rotatable bonds is 5. The maximum atomic E-state index is 12.0. The highest BCUT2D eigenvalue weighted by Gasteiger charge is 2.10. The largest absolute Gasteiger partial charge is 0.484 e. The summed E-state index contributed by atoms with van der Waals surface area (Å²) < 4.78 is 5.53. The predicted molar refractivity (Wildman–Crippen MR) is 96.6 cm³/mol. The molecule has 1 aromatic heterocycles. The third kappa shape index (κ3) is 4.44. The Balaban J connectivity index is 1.59. The predicted octanol–water partition coefficient (Wildman–Crippen LogP) is 3.41. The highest BCUT2D eigenvalue weighted by molar-refractivity contribution is 5.90. The quantitative estimate of drug-likeness (QED) is 0.748. The van der Waals surface area contributed by atoms with Crippen LogP contribution >= 0.6 is 0 Å². The molecule has 2 aromatic carbocycles. The lowest BCUT2D eigenvalue weighted by atomic mass is 10.1. The summed E-state index contributed by atoms with van der Waals surface area (Å²) in [7, 11) is 0. The van der Waals surface area contributed by atoms with Gasteiger partial charge in [-0.3, -0.25) is 15.2 Å². The second-order valence-corrected chi connectivity index (χ2v) is 6.03. The Labute approximate surface area is 146 Å². The number of hydrogen-bond donors (Lipinski definition) is 2. The second-order valence-electron chi connectivity index (χ2n) is 6.03. The molecule has 3 aromatic rings. The number of nitrogens with zero attached hydrogens (tertiary/aromatic N) is 2. The zero-order valence-electron chi connectivity index (χ0n) is 14.5. The highest BCUT2D eigenvalue weighted by atomic mass is 16.5. The van der Waals surface area contributed by atoms with Gasteiger partial charge in [0.1, 0.15) is 5.75 Å². The van der Waals surface area contributed by atoms with Crippen molar-refractivity contribution >= 4 is 11.9 Å². The first-order valence-electron chi connectivity index (χ1n) is 8.00. The van der Waals surface area contributed by atoms with Gasteiger partial charge in [0.15, 0.2) is 12.4 Å². The Hall–Kier alpha value is -3.15. The zero-order chi connectivity index (χ0) is 17.8. The number of benzene rings is 2.